The van der Waals surface area contributed by atoms with Crippen molar-refractivity contribution in [2.24, 2.45) is 4.99 Å². The van der Waals surface area contributed by atoms with Gasteiger partial charge in [0, 0.05) is 25.1 Å². The molecule has 0 saturated carbocycles. The number of carboxylic acid groups (broad SMARTS) is 1. The fourth-order valence-electron chi connectivity index (χ4n) is 2.41. The average Bonchev–Trinajstić information content (AvgIpc) is 2.91. The molecule has 3 rings (SSSR count). The number of carbonyl (C=O) groups is 2. The molecule has 1 aromatic carbocycles. The third-order valence-corrected chi connectivity index (χ3v) is 3.48. The van der Waals surface area contributed by atoms with Crippen molar-refractivity contribution in [3.63, 3.8) is 0 Å². The zero-order chi connectivity index (χ0) is 17.1. The van der Waals surface area contributed by atoms with Crippen LogP contribution in [0.4, 0.5) is 0 Å². The smallest absolute Gasteiger partial charge is 0.325 e. The molecule has 0 atom stereocenters. The van der Waals surface area contributed by atoms with Crippen LogP contribution in [0.15, 0.2) is 35.5 Å². The summed E-state index contributed by atoms with van der Waals surface area (Å²) in [5.41, 5.74) is 0.804. The maximum Gasteiger partial charge on any atom is 0.325 e. The summed E-state index contributed by atoms with van der Waals surface area (Å²) in [5, 5.41) is 16.7. The van der Waals surface area contributed by atoms with E-state index < -0.39 is 5.97 Å². The molecule has 24 heavy (non-hydrogen) atoms. The molecular formula is C16H16N4O4. The Morgan fingerprint density at radius 2 is 2.25 bits per heavy atom. The first-order valence-corrected chi connectivity index (χ1v) is 7.36. The van der Waals surface area contributed by atoms with Gasteiger partial charge in [-0.15, -0.1) is 0 Å². The molecule has 0 aliphatic carbocycles. The van der Waals surface area contributed by atoms with Crippen molar-refractivity contribution >= 4 is 28.5 Å². The molecule has 0 spiro atoms. The predicted octanol–water partition coefficient (Wildman–Crippen LogP) is 1.22. The maximum atomic E-state index is 11.8. The molecule has 0 unspecified atom stereocenters. The highest BCUT2D eigenvalue weighted by atomic mass is 16.5. The van der Waals surface area contributed by atoms with Gasteiger partial charge in [0.2, 0.25) is 0 Å². The molecule has 1 aromatic heterocycles. The lowest BCUT2D eigenvalue weighted by Gasteiger charge is -2.12. The van der Waals surface area contributed by atoms with E-state index in [9.17, 15) is 9.59 Å². The van der Waals surface area contributed by atoms with Gasteiger partial charge >= 0.3 is 5.97 Å². The van der Waals surface area contributed by atoms with Crippen molar-refractivity contribution in [2.45, 2.75) is 13.5 Å². The van der Waals surface area contributed by atoms with Crippen LogP contribution in [0, 0.1) is 0 Å². The Morgan fingerprint density at radius 3 is 2.92 bits per heavy atom. The number of aromatic nitrogens is 2. The Balaban J connectivity index is 1.90. The fraction of sp³-hybridized carbons (Fsp3) is 0.250. The summed E-state index contributed by atoms with van der Waals surface area (Å²) in [4.78, 5) is 26.9. The van der Waals surface area contributed by atoms with E-state index in [1.165, 1.54) is 11.6 Å². The molecule has 0 radical (unpaired) electrons. The van der Waals surface area contributed by atoms with Crippen LogP contribution in [0.5, 0.6) is 5.75 Å². The van der Waals surface area contributed by atoms with Gasteiger partial charge in [0.15, 0.2) is 5.78 Å². The number of ether oxygens (including phenoxy) is 1. The molecule has 2 N–H and O–H groups in total. The number of carboxylic acids is 1. The molecule has 0 saturated heterocycles. The van der Waals surface area contributed by atoms with E-state index in [2.05, 4.69) is 15.4 Å². The van der Waals surface area contributed by atoms with Crippen molar-refractivity contribution in [2.75, 3.05) is 13.2 Å². The van der Waals surface area contributed by atoms with E-state index >= 15 is 0 Å². The molecule has 1 aliphatic heterocycles. The average molecular weight is 328 g/mol. The highest BCUT2D eigenvalue weighted by Gasteiger charge is 2.16. The number of nitrogens with zero attached hydrogens (tertiary/aromatic N) is 3. The Hall–Kier alpha value is -3.16. The second-order valence-corrected chi connectivity index (χ2v) is 5.27. The van der Waals surface area contributed by atoms with E-state index in [-0.39, 0.29) is 24.6 Å². The van der Waals surface area contributed by atoms with E-state index in [4.69, 9.17) is 9.84 Å². The molecule has 8 heteroatoms. The van der Waals surface area contributed by atoms with Crippen LogP contribution < -0.4 is 10.1 Å². The first kappa shape index (κ1) is 15.7. The molecule has 124 valence electrons. The van der Waals surface area contributed by atoms with Gasteiger partial charge in [-0.1, -0.05) is 0 Å². The van der Waals surface area contributed by atoms with Gasteiger partial charge in [0.1, 0.15) is 30.4 Å². The van der Waals surface area contributed by atoms with Crippen LogP contribution in [0.25, 0.3) is 10.9 Å². The number of amidine groups is 1. The summed E-state index contributed by atoms with van der Waals surface area (Å²) in [7, 11) is 0. The Bertz CT molecular complexity index is 866. The third-order valence-electron chi connectivity index (χ3n) is 3.48. The zero-order valence-corrected chi connectivity index (χ0v) is 13.0. The number of ketones is 1. The standard InChI is InChI=1S/C16H16N4O4/c1-10(21)16-12-7-11(24-9-14-17-5-2-6-18-14)3-4-13(12)20(19-16)8-15(22)23/h2-5,7H,6,8-9H2,1H3,(H,17,18)(H,22,23). The van der Waals surface area contributed by atoms with Crippen LogP contribution in [-0.4, -0.2) is 45.6 Å². The van der Waals surface area contributed by atoms with Crippen molar-refractivity contribution < 1.29 is 19.4 Å². The minimum absolute atomic E-state index is 0.229. The first-order valence-electron chi connectivity index (χ1n) is 7.36. The number of aliphatic imine (C=N–C) groups is 1. The van der Waals surface area contributed by atoms with Crippen LogP contribution in [0.3, 0.4) is 0 Å². The molecular weight excluding hydrogens is 312 g/mol. The number of fused-ring (bicyclic) bond motifs is 1. The maximum absolute atomic E-state index is 11.8. The van der Waals surface area contributed by atoms with E-state index in [0.29, 0.717) is 29.0 Å². The summed E-state index contributed by atoms with van der Waals surface area (Å²) in [6, 6.07) is 5.10. The van der Waals surface area contributed by atoms with Crippen LogP contribution in [0.2, 0.25) is 0 Å². The topological polar surface area (TPSA) is 106 Å². The van der Waals surface area contributed by atoms with Gasteiger partial charge in [-0.3, -0.25) is 14.3 Å². The zero-order valence-electron chi connectivity index (χ0n) is 13.0. The first-order chi connectivity index (χ1) is 11.5. The SMILES string of the molecule is CC(=O)c1nn(CC(=O)O)c2ccc(OCC3=NC=CCN3)cc12. The number of aliphatic carboxylic acids is 1. The van der Waals surface area contributed by atoms with Crippen molar-refractivity contribution in [1.29, 1.82) is 0 Å². The van der Waals surface area contributed by atoms with Crippen molar-refractivity contribution in [1.82, 2.24) is 15.1 Å². The Kier molecular flexibility index (Phi) is 4.28. The van der Waals surface area contributed by atoms with Crippen LogP contribution >= 0.6 is 0 Å². The minimum Gasteiger partial charge on any atom is -0.486 e. The number of benzene rings is 1. The second-order valence-electron chi connectivity index (χ2n) is 5.27. The highest BCUT2D eigenvalue weighted by Crippen LogP contribution is 2.24. The van der Waals surface area contributed by atoms with Gasteiger partial charge in [-0.2, -0.15) is 5.10 Å². The lowest BCUT2D eigenvalue weighted by molar-refractivity contribution is -0.137. The van der Waals surface area contributed by atoms with Crippen LogP contribution in [0.1, 0.15) is 17.4 Å². The molecule has 2 aromatic rings. The van der Waals surface area contributed by atoms with E-state index in [1.54, 1.807) is 24.4 Å². The van der Waals surface area contributed by atoms with Gasteiger partial charge in [-0.05, 0) is 24.3 Å². The second kappa shape index (κ2) is 6.53. The molecule has 8 nitrogen and oxygen atoms in total. The molecule has 2 heterocycles. The third kappa shape index (κ3) is 3.27. The number of nitrogens with one attached hydrogen (secondary N) is 1. The molecule has 0 fully saturated rings. The minimum atomic E-state index is -1.02. The number of hydrogen-bond acceptors (Lipinski definition) is 6. The Labute approximate surface area is 137 Å². The highest BCUT2D eigenvalue weighted by molar-refractivity contribution is 6.05. The van der Waals surface area contributed by atoms with Crippen molar-refractivity contribution in [3.05, 3.63) is 36.2 Å². The van der Waals surface area contributed by atoms with Gasteiger partial charge in [-0.25, -0.2) is 4.99 Å². The predicted molar refractivity (Wildman–Crippen MR) is 87.4 cm³/mol. The quantitative estimate of drug-likeness (QED) is 0.772. The largest absolute Gasteiger partial charge is 0.486 e. The fourth-order valence-corrected chi connectivity index (χ4v) is 2.41. The number of Topliss-reactive ketones (excluding diaryl/α,β-unsaturated/α-hetero) is 1. The van der Waals surface area contributed by atoms with E-state index in [1.807, 2.05) is 6.08 Å². The van der Waals surface area contributed by atoms with E-state index in [0.717, 1.165) is 0 Å². The Morgan fingerprint density at radius 1 is 1.42 bits per heavy atom. The summed E-state index contributed by atoms with van der Waals surface area (Å²) in [5.74, 6) is 0.0129. The van der Waals surface area contributed by atoms with Gasteiger partial charge in [0.25, 0.3) is 0 Å². The number of rotatable bonds is 6. The summed E-state index contributed by atoms with van der Waals surface area (Å²) in [6.07, 6.45) is 3.60. The molecule has 0 amide bonds. The van der Waals surface area contributed by atoms with Crippen molar-refractivity contribution in [3.8, 4) is 5.75 Å². The van der Waals surface area contributed by atoms with Gasteiger partial charge < -0.3 is 15.2 Å². The lowest BCUT2D eigenvalue weighted by Crippen LogP contribution is -2.30. The lowest BCUT2D eigenvalue weighted by atomic mass is 10.1. The monoisotopic (exact) mass is 328 g/mol. The number of carbonyl (C=O) groups excluding carboxylic acids is 1. The number of hydrogen-bond donors (Lipinski definition) is 2. The summed E-state index contributed by atoms with van der Waals surface area (Å²) >= 11 is 0. The molecule has 0 bridgehead atoms. The normalized spacial score (nSPS) is 13.5. The molecule has 1 aliphatic rings. The summed E-state index contributed by atoms with van der Waals surface area (Å²) in [6.45, 7) is 2.07. The van der Waals surface area contributed by atoms with Gasteiger partial charge in [0.05, 0.1) is 5.52 Å². The van der Waals surface area contributed by atoms with Crippen LogP contribution in [-0.2, 0) is 11.3 Å². The summed E-state index contributed by atoms with van der Waals surface area (Å²) < 4.78 is 6.99.